The second-order valence-electron chi connectivity index (χ2n) is 6.54. The third kappa shape index (κ3) is 3.14. The van der Waals surface area contributed by atoms with Crippen molar-refractivity contribution in [3.63, 3.8) is 0 Å². The van der Waals surface area contributed by atoms with Gasteiger partial charge in [-0.05, 0) is 37.1 Å². The van der Waals surface area contributed by atoms with Gasteiger partial charge in [0.25, 0.3) is 0 Å². The third-order valence-electron chi connectivity index (χ3n) is 4.97. The van der Waals surface area contributed by atoms with E-state index < -0.39 is 6.09 Å². The molecule has 2 heterocycles. The van der Waals surface area contributed by atoms with Crippen molar-refractivity contribution in [3.05, 3.63) is 60.0 Å². The summed E-state index contributed by atoms with van der Waals surface area (Å²) in [6, 6.07) is 11.6. The fourth-order valence-corrected chi connectivity index (χ4v) is 3.86. The molecule has 7 heteroatoms. The molecule has 0 spiro atoms. The van der Waals surface area contributed by atoms with Gasteiger partial charge < -0.3 is 9.64 Å². The molecule has 1 aliphatic rings. The molecule has 0 aliphatic heterocycles. The van der Waals surface area contributed by atoms with E-state index in [0.29, 0.717) is 25.4 Å². The van der Waals surface area contributed by atoms with Crippen LogP contribution in [0.3, 0.4) is 0 Å². The molecule has 2 aromatic heterocycles. The fraction of sp³-hybridized carbons (Fsp3) is 0.286. The standard InChI is InChI=1S/C21H21ClN4O2/c1-3-25(4-2)21(27)28-20-19-16-8-6-5-7-15(16)17(22)13-18(19)24-26(20)14-9-11-23-12-10-14/h5-12,17H,3-4,13H2,1-2H3. The van der Waals surface area contributed by atoms with Gasteiger partial charge in [-0.3, -0.25) is 4.98 Å². The van der Waals surface area contributed by atoms with Gasteiger partial charge in [0.2, 0.25) is 5.88 Å². The molecule has 1 atom stereocenters. The molecule has 3 aromatic rings. The number of hydrogen-bond acceptors (Lipinski definition) is 4. The van der Waals surface area contributed by atoms with Gasteiger partial charge in [0, 0.05) is 31.9 Å². The van der Waals surface area contributed by atoms with Crippen molar-refractivity contribution >= 4 is 17.7 Å². The predicted molar refractivity (Wildman–Crippen MR) is 108 cm³/mol. The molecular formula is C21H21ClN4O2. The summed E-state index contributed by atoms with van der Waals surface area (Å²) in [7, 11) is 0. The number of aromatic nitrogens is 3. The minimum Gasteiger partial charge on any atom is -0.390 e. The van der Waals surface area contributed by atoms with Crippen LogP contribution in [0.5, 0.6) is 5.88 Å². The van der Waals surface area contributed by atoms with Crippen molar-refractivity contribution < 1.29 is 9.53 Å². The number of carbonyl (C=O) groups excluding carboxylic acids is 1. The van der Waals surface area contributed by atoms with Crippen LogP contribution in [0.4, 0.5) is 4.79 Å². The van der Waals surface area contributed by atoms with E-state index >= 15 is 0 Å². The van der Waals surface area contributed by atoms with Crippen LogP contribution in [0.2, 0.25) is 0 Å². The predicted octanol–water partition coefficient (Wildman–Crippen LogP) is 4.61. The van der Waals surface area contributed by atoms with E-state index in [1.54, 1.807) is 22.0 Å². The number of hydrogen-bond donors (Lipinski definition) is 0. The summed E-state index contributed by atoms with van der Waals surface area (Å²) in [5, 5.41) is 4.57. The van der Waals surface area contributed by atoms with Gasteiger partial charge in [-0.15, -0.1) is 11.6 Å². The Morgan fingerprint density at radius 1 is 1.21 bits per heavy atom. The maximum absolute atomic E-state index is 12.7. The van der Waals surface area contributed by atoms with E-state index in [4.69, 9.17) is 21.4 Å². The van der Waals surface area contributed by atoms with Gasteiger partial charge in [0.1, 0.15) is 0 Å². The normalized spacial score (nSPS) is 14.9. The lowest BCUT2D eigenvalue weighted by molar-refractivity contribution is 0.154. The van der Waals surface area contributed by atoms with Gasteiger partial charge in [-0.25, -0.2) is 4.79 Å². The van der Waals surface area contributed by atoms with Crippen LogP contribution in [0, 0.1) is 0 Å². The highest BCUT2D eigenvalue weighted by molar-refractivity contribution is 6.21. The van der Waals surface area contributed by atoms with E-state index in [1.807, 2.05) is 50.2 Å². The Hall–Kier alpha value is -2.86. The SMILES string of the molecule is CCN(CC)C(=O)Oc1c2c(nn1-c1ccncc1)CC(Cl)c1ccccc1-2. The molecule has 6 nitrogen and oxygen atoms in total. The van der Waals surface area contributed by atoms with Crippen LogP contribution in [-0.2, 0) is 6.42 Å². The highest BCUT2D eigenvalue weighted by atomic mass is 35.5. The van der Waals surface area contributed by atoms with Gasteiger partial charge in [0.15, 0.2) is 0 Å². The zero-order valence-electron chi connectivity index (χ0n) is 15.8. The monoisotopic (exact) mass is 396 g/mol. The average Bonchev–Trinajstić information content (AvgIpc) is 3.08. The van der Waals surface area contributed by atoms with Crippen LogP contribution in [0.25, 0.3) is 16.8 Å². The second kappa shape index (κ2) is 7.64. The Labute approximate surface area is 168 Å². The van der Waals surface area contributed by atoms with E-state index in [2.05, 4.69) is 4.98 Å². The minimum atomic E-state index is -0.395. The van der Waals surface area contributed by atoms with Crippen LogP contribution in [0.15, 0.2) is 48.8 Å². The molecule has 0 fully saturated rings. The van der Waals surface area contributed by atoms with Gasteiger partial charge >= 0.3 is 6.09 Å². The molecular weight excluding hydrogens is 376 g/mol. The first-order chi connectivity index (χ1) is 13.6. The maximum atomic E-state index is 12.7. The first-order valence-electron chi connectivity index (χ1n) is 9.36. The van der Waals surface area contributed by atoms with Crippen LogP contribution in [-0.4, -0.2) is 38.8 Å². The number of rotatable bonds is 4. The topological polar surface area (TPSA) is 60.3 Å². The minimum absolute atomic E-state index is 0.171. The van der Waals surface area contributed by atoms with E-state index in [1.165, 1.54) is 0 Å². The van der Waals surface area contributed by atoms with Crippen LogP contribution >= 0.6 is 11.6 Å². The number of nitrogens with zero attached hydrogens (tertiary/aromatic N) is 4. The molecule has 1 aliphatic carbocycles. The average molecular weight is 397 g/mol. The quantitative estimate of drug-likeness (QED) is 0.604. The van der Waals surface area contributed by atoms with Gasteiger partial charge in [0.05, 0.1) is 22.3 Å². The summed E-state index contributed by atoms with van der Waals surface area (Å²) in [4.78, 5) is 18.4. The molecule has 0 bridgehead atoms. The molecule has 4 rings (SSSR count). The zero-order chi connectivity index (χ0) is 19.7. The van der Waals surface area contributed by atoms with Crippen LogP contribution in [0.1, 0.15) is 30.5 Å². The molecule has 0 radical (unpaired) electrons. The highest BCUT2D eigenvalue weighted by Gasteiger charge is 2.32. The molecule has 1 aromatic carbocycles. The molecule has 1 unspecified atom stereocenters. The van der Waals surface area contributed by atoms with Crippen molar-refractivity contribution in [2.24, 2.45) is 0 Å². The Balaban J connectivity index is 1.89. The summed E-state index contributed by atoms with van der Waals surface area (Å²) in [5.41, 5.74) is 4.38. The molecule has 0 saturated carbocycles. The summed E-state index contributed by atoms with van der Waals surface area (Å²) in [6.07, 6.45) is 3.55. The largest absolute Gasteiger partial charge is 0.416 e. The number of benzene rings is 1. The summed E-state index contributed by atoms with van der Waals surface area (Å²) >= 11 is 6.61. The maximum Gasteiger partial charge on any atom is 0.416 e. The van der Waals surface area contributed by atoms with Crippen molar-refractivity contribution in [2.75, 3.05) is 13.1 Å². The third-order valence-corrected chi connectivity index (χ3v) is 5.36. The number of alkyl halides is 1. The molecule has 0 saturated heterocycles. The Kier molecular flexibility index (Phi) is 5.05. The van der Waals surface area contributed by atoms with E-state index in [-0.39, 0.29) is 5.38 Å². The Morgan fingerprint density at radius 2 is 1.93 bits per heavy atom. The summed E-state index contributed by atoms with van der Waals surface area (Å²) in [6.45, 7) is 4.99. The molecule has 144 valence electrons. The van der Waals surface area contributed by atoms with Crippen molar-refractivity contribution in [3.8, 4) is 22.7 Å². The van der Waals surface area contributed by atoms with Gasteiger partial charge in [-0.2, -0.15) is 9.78 Å². The summed E-state index contributed by atoms with van der Waals surface area (Å²) in [5.74, 6) is 0.411. The first kappa shape index (κ1) is 18.5. The van der Waals surface area contributed by atoms with Crippen molar-refractivity contribution in [1.29, 1.82) is 0 Å². The lowest BCUT2D eigenvalue weighted by Crippen LogP contribution is -2.33. The van der Waals surface area contributed by atoms with E-state index in [0.717, 1.165) is 28.1 Å². The molecule has 1 amide bonds. The number of ether oxygens (including phenoxy) is 1. The lowest BCUT2D eigenvalue weighted by Gasteiger charge is -2.22. The summed E-state index contributed by atoms with van der Waals surface area (Å²) < 4.78 is 7.56. The van der Waals surface area contributed by atoms with Crippen LogP contribution < -0.4 is 4.74 Å². The van der Waals surface area contributed by atoms with E-state index in [9.17, 15) is 4.79 Å². The number of amides is 1. The molecule has 0 N–H and O–H groups in total. The first-order valence-corrected chi connectivity index (χ1v) is 9.80. The Morgan fingerprint density at radius 3 is 2.64 bits per heavy atom. The fourth-order valence-electron chi connectivity index (χ4n) is 3.52. The van der Waals surface area contributed by atoms with Crippen molar-refractivity contribution in [1.82, 2.24) is 19.7 Å². The van der Waals surface area contributed by atoms with Gasteiger partial charge in [-0.1, -0.05) is 24.3 Å². The highest BCUT2D eigenvalue weighted by Crippen LogP contribution is 2.46. The Bertz CT molecular complexity index is 999. The number of halogens is 1. The second-order valence-corrected chi connectivity index (χ2v) is 7.07. The zero-order valence-corrected chi connectivity index (χ0v) is 16.6. The van der Waals surface area contributed by atoms with Crippen molar-refractivity contribution in [2.45, 2.75) is 25.6 Å². The molecule has 28 heavy (non-hydrogen) atoms. The number of pyridine rings is 1. The number of carbonyl (C=O) groups is 1. The smallest absolute Gasteiger partial charge is 0.390 e. The number of fused-ring (bicyclic) bond motifs is 3. The lowest BCUT2D eigenvalue weighted by atomic mass is 9.89.